The summed E-state index contributed by atoms with van der Waals surface area (Å²) in [5.74, 6) is -0.130. The van der Waals surface area contributed by atoms with E-state index in [9.17, 15) is 4.79 Å². The van der Waals surface area contributed by atoms with Crippen LogP contribution in [0, 0.1) is 5.41 Å². The largest absolute Gasteiger partial charge is 0.464 e. The van der Waals surface area contributed by atoms with Gasteiger partial charge in [0, 0.05) is 10.2 Å². The molecule has 4 heteroatoms. The Kier molecular flexibility index (Phi) is 4.97. The zero-order valence-electron chi connectivity index (χ0n) is 13.0. The van der Waals surface area contributed by atoms with E-state index in [-0.39, 0.29) is 11.4 Å². The van der Waals surface area contributed by atoms with Gasteiger partial charge >= 0.3 is 5.97 Å². The second-order valence-electron chi connectivity index (χ2n) is 6.35. The SMILES string of the molecule is CCOC(=O)C1(Nc2cccc(Br)c2)CCCCC1(C)C. The van der Waals surface area contributed by atoms with Gasteiger partial charge in [0.1, 0.15) is 5.54 Å². The second kappa shape index (κ2) is 6.39. The first-order valence-corrected chi connectivity index (χ1v) is 8.41. The van der Waals surface area contributed by atoms with E-state index in [0.717, 1.165) is 35.8 Å². The van der Waals surface area contributed by atoms with Crippen LogP contribution in [0.2, 0.25) is 0 Å². The van der Waals surface area contributed by atoms with Crippen molar-refractivity contribution in [3.05, 3.63) is 28.7 Å². The van der Waals surface area contributed by atoms with E-state index < -0.39 is 5.54 Å². The fourth-order valence-electron chi connectivity index (χ4n) is 3.24. The third-order valence-corrected chi connectivity index (χ3v) is 5.06. The minimum atomic E-state index is -0.651. The number of carbonyl (C=O) groups excluding carboxylic acids is 1. The number of nitrogens with one attached hydrogen (secondary N) is 1. The molecule has 0 saturated heterocycles. The molecule has 1 aliphatic rings. The van der Waals surface area contributed by atoms with Gasteiger partial charge in [-0.2, -0.15) is 0 Å². The molecule has 0 heterocycles. The molecule has 1 fully saturated rings. The van der Waals surface area contributed by atoms with Crippen molar-refractivity contribution < 1.29 is 9.53 Å². The number of anilines is 1. The van der Waals surface area contributed by atoms with Gasteiger partial charge in [0.2, 0.25) is 0 Å². The van der Waals surface area contributed by atoms with Crippen LogP contribution < -0.4 is 5.32 Å². The van der Waals surface area contributed by atoms with Crippen molar-refractivity contribution in [3.8, 4) is 0 Å². The van der Waals surface area contributed by atoms with Crippen LogP contribution in [0.4, 0.5) is 5.69 Å². The van der Waals surface area contributed by atoms with E-state index in [0.29, 0.717) is 6.61 Å². The Morgan fingerprint density at radius 1 is 1.33 bits per heavy atom. The average molecular weight is 354 g/mol. The van der Waals surface area contributed by atoms with Gasteiger partial charge in [-0.25, -0.2) is 4.79 Å². The smallest absolute Gasteiger partial charge is 0.332 e. The predicted molar refractivity (Wildman–Crippen MR) is 89.4 cm³/mol. The molecule has 1 N–H and O–H groups in total. The minimum absolute atomic E-state index is 0.130. The van der Waals surface area contributed by atoms with Crippen molar-refractivity contribution in [1.82, 2.24) is 0 Å². The van der Waals surface area contributed by atoms with Crippen LogP contribution in [0.15, 0.2) is 28.7 Å². The highest BCUT2D eigenvalue weighted by molar-refractivity contribution is 9.10. The molecule has 3 nitrogen and oxygen atoms in total. The summed E-state index contributed by atoms with van der Waals surface area (Å²) < 4.78 is 6.41. The van der Waals surface area contributed by atoms with E-state index in [2.05, 4.69) is 35.1 Å². The third-order valence-electron chi connectivity index (χ3n) is 4.57. The molecule has 116 valence electrons. The van der Waals surface area contributed by atoms with Crippen molar-refractivity contribution in [2.45, 2.75) is 52.0 Å². The van der Waals surface area contributed by atoms with Crippen LogP contribution in [-0.4, -0.2) is 18.1 Å². The van der Waals surface area contributed by atoms with Gasteiger partial charge in [0.15, 0.2) is 0 Å². The summed E-state index contributed by atoms with van der Waals surface area (Å²) in [7, 11) is 0. The quantitative estimate of drug-likeness (QED) is 0.792. The Balaban J connectivity index is 2.38. The van der Waals surface area contributed by atoms with E-state index in [4.69, 9.17) is 4.74 Å². The van der Waals surface area contributed by atoms with Gasteiger partial charge < -0.3 is 10.1 Å². The van der Waals surface area contributed by atoms with Crippen molar-refractivity contribution in [3.63, 3.8) is 0 Å². The summed E-state index contributed by atoms with van der Waals surface area (Å²) in [5, 5.41) is 3.51. The van der Waals surface area contributed by atoms with Crippen molar-refractivity contribution in [2.24, 2.45) is 5.41 Å². The summed E-state index contributed by atoms with van der Waals surface area (Å²) in [5.41, 5.74) is 0.161. The predicted octanol–water partition coefficient (Wildman–Crippen LogP) is 4.76. The lowest BCUT2D eigenvalue weighted by atomic mass is 9.63. The number of ether oxygens (including phenoxy) is 1. The Morgan fingerprint density at radius 2 is 2.05 bits per heavy atom. The molecular weight excluding hydrogens is 330 g/mol. The van der Waals surface area contributed by atoms with Crippen LogP contribution in [0.25, 0.3) is 0 Å². The molecule has 0 radical (unpaired) electrons. The summed E-state index contributed by atoms with van der Waals surface area (Å²) in [6.45, 7) is 6.60. The molecule has 1 aliphatic carbocycles. The van der Waals surface area contributed by atoms with Gasteiger partial charge in [0.25, 0.3) is 0 Å². The maximum Gasteiger partial charge on any atom is 0.332 e. The van der Waals surface area contributed by atoms with E-state index >= 15 is 0 Å². The highest BCUT2D eigenvalue weighted by atomic mass is 79.9. The first-order chi connectivity index (χ1) is 9.91. The Morgan fingerprint density at radius 3 is 2.67 bits per heavy atom. The van der Waals surface area contributed by atoms with Gasteiger partial charge in [-0.1, -0.05) is 48.7 Å². The zero-order valence-corrected chi connectivity index (χ0v) is 14.6. The zero-order chi connectivity index (χ0) is 15.5. The lowest BCUT2D eigenvalue weighted by molar-refractivity contribution is -0.155. The molecule has 1 saturated carbocycles. The first-order valence-electron chi connectivity index (χ1n) is 7.62. The Bertz CT molecular complexity index is 515. The molecule has 0 amide bonds. The molecule has 0 aromatic heterocycles. The topological polar surface area (TPSA) is 38.3 Å². The van der Waals surface area contributed by atoms with Gasteiger partial charge in [-0.3, -0.25) is 0 Å². The lowest BCUT2D eigenvalue weighted by Crippen LogP contribution is -2.59. The Labute approximate surface area is 135 Å². The molecule has 1 atom stereocenters. The molecule has 0 bridgehead atoms. The van der Waals surface area contributed by atoms with E-state index in [1.807, 2.05) is 31.2 Å². The number of halogens is 1. The standard InChI is InChI=1S/C17H24BrNO2/c1-4-21-15(20)17(11-6-5-10-16(17,2)3)19-14-9-7-8-13(18)12-14/h7-9,12,19H,4-6,10-11H2,1-3H3. The van der Waals surface area contributed by atoms with Crippen molar-refractivity contribution >= 4 is 27.6 Å². The van der Waals surface area contributed by atoms with E-state index in [1.54, 1.807) is 0 Å². The maximum atomic E-state index is 12.7. The van der Waals surface area contributed by atoms with Gasteiger partial charge in [-0.15, -0.1) is 0 Å². The van der Waals surface area contributed by atoms with Crippen LogP contribution >= 0.6 is 15.9 Å². The molecular formula is C17H24BrNO2. The third kappa shape index (κ3) is 3.25. The van der Waals surface area contributed by atoms with E-state index in [1.165, 1.54) is 0 Å². The van der Waals surface area contributed by atoms with Crippen molar-refractivity contribution in [1.29, 1.82) is 0 Å². The summed E-state index contributed by atoms with van der Waals surface area (Å²) in [6, 6.07) is 7.96. The lowest BCUT2D eigenvalue weighted by Gasteiger charge is -2.48. The summed E-state index contributed by atoms with van der Waals surface area (Å²) >= 11 is 3.48. The van der Waals surface area contributed by atoms with Gasteiger partial charge in [0.05, 0.1) is 6.61 Å². The van der Waals surface area contributed by atoms with Gasteiger partial charge in [-0.05, 0) is 43.4 Å². The number of hydrogen-bond acceptors (Lipinski definition) is 3. The first kappa shape index (κ1) is 16.3. The average Bonchev–Trinajstić information content (AvgIpc) is 2.41. The maximum absolute atomic E-state index is 12.7. The fraction of sp³-hybridized carbons (Fsp3) is 0.588. The molecule has 21 heavy (non-hydrogen) atoms. The fourth-order valence-corrected chi connectivity index (χ4v) is 3.64. The number of benzene rings is 1. The highest BCUT2D eigenvalue weighted by Crippen LogP contribution is 2.46. The number of rotatable bonds is 4. The molecule has 2 rings (SSSR count). The van der Waals surface area contributed by atoms with Crippen LogP contribution in [-0.2, 0) is 9.53 Å². The second-order valence-corrected chi connectivity index (χ2v) is 7.27. The summed E-state index contributed by atoms with van der Waals surface area (Å²) in [4.78, 5) is 12.7. The van der Waals surface area contributed by atoms with Crippen molar-refractivity contribution in [2.75, 3.05) is 11.9 Å². The highest BCUT2D eigenvalue weighted by Gasteiger charge is 2.53. The molecule has 0 spiro atoms. The minimum Gasteiger partial charge on any atom is -0.464 e. The van der Waals surface area contributed by atoms with Crippen LogP contribution in [0.5, 0.6) is 0 Å². The molecule has 1 aromatic rings. The van der Waals surface area contributed by atoms with Crippen LogP contribution in [0.1, 0.15) is 46.5 Å². The Hall–Kier alpha value is -1.03. The molecule has 0 aliphatic heterocycles. The molecule has 1 aromatic carbocycles. The summed E-state index contributed by atoms with van der Waals surface area (Å²) in [6.07, 6.45) is 4.04. The van der Waals surface area contributed by atoms with Crippen LogP contribution in [0.3, 0.4) is 0 Å². The monoisotopic (exact) mass is 353 g/mol. The number of esters is 1. The molecule has 1 unspecified atom stereocenters. The number of hydrogen-bond donors (Lipinski definition) is 1. The normalized spacial score (nSPS) is 24.4. The number of carbonyl (C=O) groups is 1.